The van der Waals surface area contributed by atoms with E-state index >= 15 is 0 Å². The van der Waals surface area contributed by atoms with Crippen LogP contribution in [-0.4, -0.2) is 37.4 Å². The smallest absolute Gasteiger partial charge is 0.122 e. The van der Waals surface area contributed by atoms with Gasteiger partial charge in [-0.05, 0) is 58.0 Å². The molecule has 19 heavy (non-hydrogen) atoms. The highest BCUT2D eigenvalue weighted by molar-refractivity contribution is 5.41. The first-order valence-electron chi connectivity index (χ1n) is 6.90. The fourth-order valence-corrected chi connectivity index (χ4v) is 2.61. The molecular formula is C15H26N2O2. The van der Waals surface area contributed by atoms with E-state index in [9.17, 15) is 10.2 Å². The molecule has 0 heterocycles. The van der Waals surface area contributed by atoms with Gasteiger partial charge in [0.1, 0.15) is 11.5 Å². The van der Waals surface area contributed by atoms with Crippen LogP contribution in [0.3, 0.4) is 0 Å². The number of rotatable bonds is 2. The summed E-state index contributed by atoms with van der Waals surface area (Å²) in [5.41, 5.74) is 0.970. The summed E-state index contributed by atoms with van der Waals surface area (Å²) in [5, 5.41) is 25.1. The van der Waals surface area contributed by atoms with E-state index in [0.29, 0.717) is 12.0 Å². The van der Waals surface area contributed by atoms with Crippen molar-refractivity contribution in [2.75, 3.05) is 21.1 Å². The van der Waals surface area contributed by atoms with Crippen molar-refractivity contribution >= 4 is 0 Å². The van der Waals surface area contributed by atoms with Crippen LogP contribution in [-0.2, 0) is 0 Å². The average Bonchev–Trinajstić information content (AvgIpc) is 2.39. The molecule has 0 spiro atoms. The Morgan fingerprint density at radius 1 is 1.11 bits per heavy atom. The van der Waals surface area contributed by atoms with Crippen LogP contribution in [0.4, 0.5) is 0 Å². The molecule has 1 aromatic rings. The van der Waals surface area contributed by atoms with Crippen LogP contribution >= 0.6 is 0 Å². The summed E-state index contributed by atoms with van der Waals surface area (Å²) < 4.78 is 0. The second kappa shape index (κ2) is 8.02. The van der Waals surface area contributed by atoms with Gasteiger partial charge in [-0.3, -0.25) is 0 Å². The molecule has 4 heteroatoms. The molecule has 1 fully saturated rings. The Labute approximate surface area is 115 Å². The summed E-state index contributed by atoms with van der Waals surface area (Å²) in [5.74, 6) is 0.760. The zero-order valence-electron chi connectivity index (χ0n) is 12.1. The minimum Gasteiger partial charge on any atom is -0.508 e. The lowest BCUT2D eigenvalue weighted by atomic mass is 9.81. The minimum atomic E-state index is 0.127. The minimum absolute atomic E-state index is 0.127. The maximum atomic E-state index is 9.82. The third-order valence-electron chi connectivity index (χ3n) is 3.54. The number of phenolic OH excluding ortho intramolecular Hbond substituents is 2. The number of aromatic hydroxyl groups is 2. The summed E-state index contributed by atoms with van der Waals surface area (Å²) in [7, 11) is 5.74. The first-order chi connectivity index (χ1) is 9.12. The van der Waals surface area contributed by atoms with Crippen molar-refractivity contribution < 1.29 is 10.2 Å². The second-order valence-corrected chi connectivity index (χ2v) is 5.09. The standard InChI is InChI=1S/C13H19NO2.C2H7N/c1-14-10-4-2-3-9(7-10)12-6-5-11(15)8-13(12)16;1-3-2/h5-6,8-10,14-16H,2-4,7H2,1H3;3H,1-2H3. The molecule has 0 radical (unpaired) electrons. The van der Waals surface area contributed by atoms with Gasteiger partial charge in [0.2, 0.25) is 0 Å². The fourth-order valence-electron chi connectivity index (χ4n) is 2.61. The van der Waals surface area contributed by atoms with Crippen molar-refractivity contribution in [3.05, 3.63) is 23.8 Å². The van der Waals surface area contributed by atoms with Crippen LogP contribution < -0.4 is 10.6 Å². The Morgan fingerprint density at radius 2 is 1.79 bits per heavy atom. The topological polar surface area (TPSA) is 64.5 Å². The lowest BCUT2D eigenvalue weighted by Crippen LogP contribution is -2.30. The highest BCUT2D eigenvalue weighted by Crippen LogP contribution is 2.38. The van der Waals surface area contributed by atoms with Crippen molar-refractivity contribution in [2.45, 2.75) is 37.6 Å². The Balaban J connectivity index is 0.000000550. The fraction of sp³-hybridized carbons (Fsp3) is 0.600. The molecule has 1 aliphatic rings. The zero-order chi connectivity index (χ0) is 14.3. The van der Waals surface area contributed by atoms with E-state index in [0.717, 1.165) is 18.4 Å². The van der Waals surface area contributed by atoms with E-state index < -0.39 is 0 Å². The van der Waals surface area contributed by atoms with Crippen LogP contribution in [0, 0.1) is 0 Å². The summed E-state index contributed by atoms with van der Waals surface area (Å²) in [6.07, 6.45) is 4.59. The van der Waals surface area contributed by atoms with Crippen LogP contribution in [0.2, 0.25) is 0 Å². The van der Waals surface area contributed by atoms with E-state index in [1.807, 2.05) is 27.2 Å². The number of hydrogen-bond donors (Lipinski definition) is 4. The SMILES string of the molecule is CNC.CNC1CCCC(c2ccc(O)cc2O)C1. The largest absolute Gasteiger partial charge is 0.508 e. The maximum Gasteiger partial charge on any atom is 0.122 e. The molecule has 2 atom stereocenters. The predicted molar refractivity (Wildman–Crippen MR) is 78.8 cm³/mol. The number of nitrogens with one attached hydrogen (secondary N) is 2. The molecule has 1 aliphatic carbocycles. The number of phenols is 2. The van der Waals surface area contributed by atoms with Crippen molar-refractivity contribution in [2.24, 2.45) is 0 Å². The molecule has 1 aromatic carbocycles. The summed E-state index contributed by atoms with van der Waals surface area (Å²) >= 11 is 0. The molecule has 4 nitrogen and oxygen atoms in total. The molecule has 0 saturated heterocycles. The van der Waals surface area contributed by atoms with Gasteiger partial charge in [-0.15, -0.1) is 0 Å². The van der Waals surface area contributed by atoms with Gasteiger partial charge in [-0.2, -0.15) is 0 Å². The van der Waals surface area contributed by atoms with E-state index in [4.69, 9.17) is 0 Å². The Morgan fingerprint density at radius 3 is 2.37 bits per heavy atom. The monoisotopic (exact) mass is 266 g/mol. The predicted octanol–water partition coefficient (Wildman–Crippen LogP) is 2.18. The molecule has 0 bridgehead atoms. The zero-order valence-corrected chi connectivity index (χ0v) is 12.1. The van der Waals surface area contributed by atoms with Crippen molar-refractivity contribution in [1.82, 2.24) is 10.6 Å². The number of hydrogen-bond acceptors (Lipinski definition) is 4. The summed E-state index contributed by atoms with van der Waals surface area (Å²) in [6, 6.07) is 5.47. The van der Waals surface area contributed by atoms with Crippen molar-refractivity contribution in [3.8, 4) is 11.5 Å². The first kappa shape index (κ1) is 15.8. The summed E-state index contributed by atoms with van der Waals surface area (Å²) in [6.45, 7) is 0. The van der Waals surface area contributed by atoms with Gasteiger partial charge in [0.15, 0.2) is 0 Å². The van der Waals surface area contributed by atoms with Crippen molar-refractivity contribution in [3.63, 3.8) is 0 Å². The van der Waals surface area contributed by atoms with Crippen LogP contribution in [0.15, 0.2) is 18.2 Å². The van der Waals surface area contributed by atoms with E-state index in [1.54, 1.807) is 6.07 Å². The molecular weight excluding hydrogens is 240 g/mol. The van der Waals surface area contributed by atoms with Gasteiger partial charge in [0.05, 0.1) is 0 Å². The summed E-state index contributed by atoms with van der Waals surface area (Å²) in [4.78, 5) is 0. The highest BCUT2D eigenvalue weighted by atomic mass is 16.3. The Bertz CT molecular complexity index is 382. The lowest BCUT2D eigenvalue weighted by Gasteiger charge is -2.29. The van der Waals surface area contributed by atoms with Crippen LogP contribution in [0.5, 0.6) is 11.5 Å². The van der Waals surface area contributed by atoms with Crippen molar-refractivity contribution in [1.29, 1.82) is 0 Å². The van der Waals surface area contributed by atoms with Gasteiger partial charge in [-0.25, -0.2) is 0 Å². The second-order valence-electron chi connectivity index (χ2n) is 5.09. The molecule has 0 aromatic heterocycles. The quantitative estimate of drug-likeness (QED) is 0.662. The molecule has 0 amide bonds. The Hall–Kier alpha value is -1.26. The highest BCUT2D eigenvalue weighted by Gasteiger charge is 2.24. The third kappa shape index (κ3) is 4.73. The van der Waals surface area contributed by atoms with E-state index in [-0.39, 0.29) is 11.5 Å². The average molecular weight is 266 g/mol. The van der Waals surface area contributed by atoms with Gasteiger partial charge < -0.3 is 20.8 Å². The molecule has 2 unspecified atom stereocenters. The van der Waals surface area contributed by atoms with E-state index in [2.05, 4.69) is 10.6 Å². The normalized spacial score (nSPS) is 22.5. The molecule has 108 valence electrons. The molecule has 2 rings (SSSR count). The van der Waals surface area contributed by atoms with E-state index in [1.165, 1.54) is 18.9 Å². The molecule has 4 N–H and O–H groups in total. The molecule has 1 saturated carbocycles. The van der Waals surface area contributed by atoms with Crippen LogP contribution in [0.25, 0.3) is 0 Å². The number of benzene rings is 1. The van der Waals surface area contributed by atoms with Gasteiger partial charge in [0, 0.05) is 12.1 Å². The maximum absolute atomic E-state index is 9.82. The van der Waals surface area contributed by atoms with Crippen LogP contribution in [0.1, 0.15) is 37.2 Å². The van der Waals surface area contributed by atoms with Gasteiger partial charge in [-0.1, -0.05) is 12.5 Å². The lowest BCUT2D eigenvalue weighted by molar-refractivity contribution is 0.346. The van der Waals surface area contributed by atoms with Gasteiger partial charge in [0.25, 0.3) is 0 Å². The Kier molecular flexibility index (Phi) is 6.67. The third-order valence-corrected chi connectivity index (χ3v) is 3.54. The van der Waals surface area contributed by atoms with Gasteiger partial charge >= 0.3 is 0 Å². The molecule has 0 aliphatic heterocycles. The first-order valence-corrected chi connectivity index (χ1v) is 6.90.